The van der Waals surface area contributed by atoms with E-state index in [1.54, 1.807) is 25.3 Å². The van der Waals surface area contributed by atoms with Gasteiger partial charge in [-0.15, -0.1) is 0 Å². The maximum atomic E-state index is 8.78. The van der Waals surface area contributed by atoms with E-state index in [-0.39, 0.29) is 5.60 Å². The van der Waals surface area contributed by atoms with Gasteiger partial charge in [-0.25, -0.2) is 0 Å². The van der Waals surface area contributed by atoms with Crippen LogP contribution in [0.5, 0.6) is 11.5 Å². The molecule has 0 atom stereocenters. The van der Waals surface area contributed by atoms with Crippen LogP contribution in [-0.2, 0) is 0 Å². The van der Waals surface area contributed by atoms with E-state index in [1.807, 2.05) is 20.8 Å². The first kappa shape index (κ1) is 11.4. The number of methoxy groups -OCH3 is 1. The van der Waals surface area contributed by atoms with Crippen molar-refractivity contribution < 1.29 is 9.47 Å². The molecule has 0 aromatic heterocycles. The van der Waals surface area contributed by atoms with Gasteiger partial charge in [0.1, 0.15) is 5.60 Å². The second-order valence-electron chi connectivity index (χ2n) is 4.19. The Morgan fingerprint density at radius 1 is 1.20 bits per heavy atom. The molecule has 0 aliphatic heterocycles. The summed E-state index contributed by atoms with van der Waals surface area (Å²) in [6.07, 6.45) is 0. The van der Waals surface area contributed by atoms with Gasteiger partial charge in [0.2, 0.25) is 0 Å². The second kappa shape index (κ2) is 4.22. The highest BCUT2D eigenvalue weighted by Crippen LogP contribution is 2.30. The molecular formula is C12H15NO2. The molecule has 0 saturated carbocycles. The minimum absolute atomic E-state index is 0.304. The molecule has 0 unspecified atom stereocenters. The van der Waals surface area contributed by atoms with E-state index in [2.05, 4.69) is 6.07 Å². The van der Waals surface area contributed by atoms with Gasteiger partial charge >= 0.3 is 0 Å². The van der Waals surface area contributed by atoms with Crippen LogP contribution in [0.2, 0.25) is 0 Å². The number of nitrogens with zero attached hydrogens (tertiary/aromatic N) is 1. The maximum Gasteiger partial charge on any atom is 0.163 e. The topological polar surface area (TPSA) is 42.2 Å². The first-order valence-corrected chi connectivity index (χ1v) is 4.73. The molecule has 1 aromatic carbocycles. The normalized spacial score (nSPS) is 10.6. The van der Waals surface area contributed by atoms with Crippen molar-refractivity contribution in [1.29, 1.82) is 5.26 Å². The Morgan fingerprint density at radius 2 is 1.87 bits per heavy atom. The lowest BCUT2D eigenvalue weighted by Gasteiger charge is -2.22. The third-order valence-corrected chi connectivity index (χ3v) is 1.71. The summed E-state index contributed by atoms with van der Waals surface area (Å²) in [5.74, 6) is 1.24. The summed E-state index contributed by atoms with van der Waals surface area (Å²) in [7, 11) is 1.58. The van der Waals surface area contributed by atoms with Gasteiger partial charge in [0.15, 0.2) is 11.5 Å². The molecule has 1 rings (SSSR count). The summed E-state index contributed by atoms with van der Waals surface area (Å²) in [5.41, 5.74) is 0.261. The summed E-state index contributed by atoms with van der Waals surface area (Å²) in [4.78, 5) is 0. The lowest BCUT2D eigenvalue weighted by Crippen LogP contribution is -2.23. The van der Waals surface area contributed by atoms with Gasteiger partial charge < -0.3 is 9.47 Å². The third kappa shape index (κ3) is 3.17. The SMILES string of the molecule is COc1ccc(C#N)cc1OC(C)(C)C. The van der Waals surface area contributed by atoms with Crippen LogP contribution in [0.15, 0.2) is 18.2 Å². The predicted molar refractivity (Wildman–Crippen MR) is 58.1 cm³/mol. The fourth-order valence-electron chi connectivity index (χ4n) is 1.16. The molecule has 0 saturated heterocycles. The first-order chi connectivity index (χ1) is 6.96. The highest BCUT2D eigenvalue weighted by atomic mass is 16.5. The molecule has 0 aliphatic carbocycles. The van der Waals surface area contributed by atoms with Crippen LogP contribution in [0, 0.1) is 11.3 Å². The molecule has 0 N–H and O–H groups in total. The standard InChI is InChI=1S/C12H15NO2/c1-12(2,3)15-11-7-9(8-13)5-6-10(11)14-4/h5-7H,1-4H3. The van der Waals surface area contributed by atoms with Crippen LogP contribution in [0.4, 0.5) is 0 Å². The molecule has 0 spiro atoms. The summed E-state index contributed by atoms with van der Waals surface area (Å²) >= 11 is 0. The van der Waals surface area contributed by atoms with Gasteiger partial charge in [-0.3, -0.25) is 0 Å². The number of ether oxygens (including phenoxy) is 2. The van der Waals surface area contributed by atoms with Gasteiger partial charge in [-0.1, -0.05) is 0 Å². The van der Waals surface area contributed by atoms with E-state index in [1.165, 1.54) is 0 Å². The summed E-state index contributed by atoms with van der Waals surface area (Å²) in [5, 5.41) is 8.78. The fourth-order valence-corrected chi connectivity index (χ4v) is 1.16. The molecule has 0 radical (unpaired) electrons. The molecule has 0 heterocycles. The molecule has 3 nitrogen and oxygen atoms in total. The summed E-state index contributed by atoms with van der Waals surface area (Å²) < 4.78 is 10.8. The van der Waals surface area contributed by atoms with E-state index in [0.717, 1.165) is 0 Å². The highest BCUT2D eigenvalue weighted by molar-refractivity contribution is 5.46. The van der Waals surface area contributed by atoms with Crippen molar-refractivity contribution in [2.75, 3.05) is 7.11 Å². The van der Waals surface area contributed by atoms with Crippen molar-refractivity contribution in [2.45, 2.75) is 26.4 Å². The van der Waals surface area contributed by atoms with Crippen molar-refractivity contribution in [3.8, 4) is 17.6 Å². The fraction of sp³-hybridized carbons (Fsp3) is 0.417. The molecule has 0 bridgehead atoms. The molecule has 0 fully saturated rings. The Labute approximate surface area is 90.2 Å². The zero-order valence-electron chi connectivity index (χ0n) is 9.50. The van der Waals surface area contributed by atoms with Crippen molar-refractivity contribution in [1.82, 2.24) is 0 Å². The van der Waals surface area contributed by atoms with Crippen LogP contribution < -0.4 is 9.47 Å². The van der Waals surface area contributed by atoms with Gasteiger partial charge in [0, 0.05) is 6.07 Å². The average molecular weight is 205 g/mol. The molecule has 15 heavy (non-hydrogen) atoms. The van der Waals surface area contributed by atoms with Crippen molar-refractivity contribution in [2.24, 2.45) is 0 Å². The van der Waals surface area contributed by atoms with Crippen molar-refractivity contribution >= 4 is 0 Å². The Kier molecular flexibility index (Phi) is 3.21. The third-order valence-electron chi connectivity index (χ3n) is 1.71. The number of hydrogen-bond donors (Lipinski definition) is 0. The van der Waals surface area contributed by atoms with Crippen LogP contribution in [0.1, 0.15) is 26.3 Å². The monoisotopic (exact) mass is 205 g/mol. The molecule has 80 valence electrons. The van der Waals surface area contributed by atoms with Gasteiger partial charge in [-0.05, 0) is 32.9 Å². The first-order valence-electron chi connectivity index (χ1n) is 4.73. The van der Waals surface area contributed by atoms with Gasteiger partial charge in [-0.2, -0.15) is 5.26 Å². The zero-order chi connectivity index (χ0) is 11.5. The molecule has 1 aromatic rings. The zero-order valence-corrected chi connectivity index (χ0v) is 9.50. The minimum atomic E-state index is -0.304. The number of hydrogen-bond acceptors (Lipinski definition) is 3. The predicted octanol–water partition coefficient (Wildman–Crippen LogP) is 2.74. The second-order valence-corrected chi connectivity index (χ2v) is 4.19. The molecule has 0 aliphatic rings. The quantitative estimate of drug-likeness (QED) is 0.745. The summed E-state index contributed by atoms with van der Waals surface area (Å²) in [6.45, 7) is 5.85. The molecule has 0 amide bonds. The summed E-state index contributed by atoms with van der Waals surface area (Å²) in [6, 6.07) is 7.19. The Hall–Kier alpha value is -1.69. The smallest absolute Gasteiger partial charge is 0.163 e. The number of nitriles is 1. The minimum Gasteiger partial charge on any atom is -0.493 e. The van der Waals surface area contributed by atoms with Gasteiger partial charge in [0.25, 0.3) is 0 Å². The van der Waals surface area contributed by atoms with Crippen molar-refractivity contribution in [3.05, 3.63) is 23.8 Å². The average Bonchev–Trinajstić information content (AvgIpc) is 2.15. The van der Waals surface area contributed by atoms with Crippen LogP contribution in [-0.4, -0.2) is 12.7 Å². The van der Waals surface area contributed by atoms with Crippen molar-refractivity contribution in [3.63, 3.8) is 0 Å². The number of benzene rings is 1. The largest absolute Gasteiger partial charge is 0.493 e. The van der Waals surface area contributed by atoms with Crippen LogP contribution in [0.3, 0.4) is 0 Å². The van der Waals surface area contributed by atoms with E-state index >= 15 is 0 Å². The Bertz CT molecular complexity index is 386. The van der Waals surface area contributed by atoms with Crippen LogP contribution in [0.25, 0.3) is 0 Å². The number of rotatable bonds is 2. The Morgan fingerprint density at radius 3 is 2.33 bits per heavy atom. The highest BCUT2D eigenvalue weighted by Gasteiger charge is 2.15. The lowest BCUT2D eigenvalue weighted by molar-refractivity contribution is 0.125. The van der Waals surface area contributed by atoms with Gasteiger partial charge in [0.05, 0.1) is 18.7 Å². The molecule has 3 heteroatoms. The molecular weight excluding hydrogens is 190 g/mol. The lowest BCUT2D eigenvalue weighted by atomic mass is 10.1. The van der Waals surface area contributed by atoms with E-state index in [4.69, 9.17) is 14.7 Å². The van der Waals surface area contributed by atoms with E-state index in [0.29, 0.717) is 17.1 Å². The maximum absolute atomic E-state index is 8.78. The van der Waals surface area contributed by atoms with E-state index in [9.17, 15) is 0 Å². The Balaban J connectivity index is 3.08. The van der Waals surface area contributed by atoms with Crippen LogP contribution >= 0.6 is 0 Å². The van der Waals surface area contributed by atoms with E-state index < -0.39 is 0 Å².